The summed E-state index contributed by atoms with van der Waals surface area (Å²) in [7, 11) is -2.88. The summed E-state index contributed by atoms with van der Waals surface area (Å²) >= 11 is 0. The molecule has 2 aromatic rings. The Bertz CT molecular complexity index is 1080. The van der Waals surface area contributed by atoms with Crippen molar-refractivity contribution in [2.45, 2.75) is 44.4 Å². The lowest BCUT2D eigenvalue weighted by Crippen LogP contribution is -2.47. The first-order chi connectivity index (χ1) is 14.9. The predicted octanol–water partition coefficient (Wildman–Crippen LogP) is 2.86. The fraction of sp³-hybridized carbons (Fsp3) is 0.364. The van der Waals surface area contributed by atoms with Crippen LogP contribution in [0.2, 0.25) is 0 Å². The van der Waals surface area contributed by atoms with E-state index in [2.05, 4.69) is 4.72 Å². The zero-order valence-electron chi connectivity index (χ0n) is 18.2. The van der Waals surface area contributed by atoms with Crippen molar-refractivity contribution >= 4 is 21.9 Å². The Morgan fingerprint density at radius 3 is 2.31 bits per heavy atom. The highest BCUT2D eigenvalue weighted by Crippen LogP contribution is 2.17. The largest absolute Gasteiger partial charge is 0.451 e. The van der Waals surface area contributed by atoms with Crippen molar-refractivity contribution in [1.82, 2.24) is 9.62 Å². The number of likely N-dealkylation sites (N-methyl/N-ethyl adjacent to an activating group) is 1. The Hall–Kier alpha value is -2.85. The van der Waals surface area contributed by atoms with E-state index in [-0.39, 0.29) is 6.54 Å². The highest BCUT2D eigenvalue weighted by Gasteiger charge is 2.33. The van der Waals surface area contributed by atoms with Crippen LogP contribution in [0.5, 0.6) is 0 Å². The second kappa shape index (κ2) is 10.6. The van der Waals surface area contributed by atoms with Gasteiger partial charge in [-0.25, -0.2) is 17.2 Å². The molecule has 1 unspecified atom stereocenters. The van der Waals surface area contributed by atoms with Crippen LogP contribution < -0.4 is 4.72 Å². The number of nitrogens with zero attached hydrogens (tertiary/aromatic N) is 1. The van der Waals surface area contributed by atoms with Gasteiger partial charge in [0.25, 0.3) is 5.91 Å². The van der Waals surface area contributed by atoms with Gasteiger partial charge in [0.2, 0.25) is 10.0 Å². The fourth-order valence-electron chi connectivity index (χ4n) is 2.95. The number of carbonyl (C=O) groups is 2. The maximum absolute atomic E-state index is 13.9. The average molecular weight is 469 g/mol. The van der Waals surface area contributed by atoms with Crippen LogP contribution in [0.4, 0.5) is 8.78 Å². The van der Waals surface area contributed by atoms with Crippen LogP contribution in [0.15, 0.2) is 53.4 Å². The molecule has 0 heterocycles. The highest BCUT2D eigenvalue weighted by molar-refractivity contribution is 7.89. The molecule has 0 aliphatic heterocycles. The van der Waals surface area contributed by atoms with Crippen LogP contribution in [0.1, 0.15) is 26.3 Å². The maximum atomic E-state index is 13.9. The van der Waals surface area contributed by atoms with E-state index in [4.69, 9.17) is 4.74 Å². The first kappa shape index (κ1) is 25.4. The quantitative estimate of drug-likeness (QED) is 0.572. The zero-order valence-corrected chi connectivity index (χ0v) is 19.0. The normalized spacial score (nSPS) is 13.5. The molecular weight excluding hydrogens is 442 g/mol. The molecule has 0 bridgehead atoms. The number of esters is 1. The molecule has 0 spiro atoms. The van der Waals surface area contributed by atoms with E-state index in [1.54, 1.807) is 19.9 Å². The molecule has 0 aliphatic carbocycles. The van der Waals surface area contributed by atoms with Gasteiger partial charge in [0.05, 0.1) is 0 Å². The van der Waals surface area contributed by atoms with E-state index in [1.807, 2.05) is 0 Å². The second-order valence-corrected chi connectivity index (χ2v) is 9.36. The van der Waals surface area contributed by atoms with E-state index < -0.39 is 56.5 Å². The lowest BCUT2D eigenvalue weighted by Gasteiger charge is -2.25. The highest BCUT2D eigenvalue weighted by atomic mass is 32.2. The Morgan fingerprint density at radius 1 is 1.06 bits per heavy atom. The molecule has 1 amide bonds. The molecule has 2 atom stereocenters. The molecule has 2 aromatic carbocycles. The summed E-state index contributed by atoms with van der Waals surface area (Å²) in [6, 6.07) is 9.16. The minimum Gasteiger partial charge on any atom is -0.451 e. The number of halogens is 2. The molecule has 7 nitrogen and oxygen atoms in total. The molecule has 0 radical (unpaired) electrons. The predicted molar refractivity (Wildman–Crippen MR) is 114 cm³/mol. The van der Waals surface area contributed by atoms with Crippen molar-refractivity contribution in [2.24, 2.45) is 5.92 Å². The maximum Gasteiger partial charge on any atom is 0.325 e. The van der Waals surface area contributed by atoms with Gasteiger partial charge in [0.1, 0.15) is 22.6 Å². The number of ether oxygens (including phenoxy) is 1. The third-order valence-corrected chi connectivity index (χ3v) is 6.13. The molecule has 0 aromatic heterocycles. The first-order valence-corrected chi connectivity index (χ1v) is 11.4. The van der Waals surface area contributed by atoms with Gasteiger partial charge in [-0.1, -0.05) is 38.1 Å². The number of hydrogen-bond donors (Lipinski definition) is 1. The van der Waals surface area contributed by atoms with Crippen LogP contribution in [0.3, 0.4) is 0 Å². The summed E-state index contributed by atoms with van der Waals surface area (Å²) < 4.78 is 59.8. The standard InChI is InChI=1S/C22H26F2N2O5S/c1-14(2)20(25-32(29,30)19-11-6-5-10-18(19)24)22(28)31-15(3)21(27)26(4)13-16-8-7-9-17(23)12-16/h5-12,14-15,20,25H,13H2,1-4H3/t15?,20-/m0/s1. The second-order valence-electron chi connectivity index (χ2n) is 7.68. The summed E-state index contributed by atoms with van der Waals surface area (Å²) in [6.07, 6.45) is -1.22. The van der Waals surface area contributed by atoms with Crippen molar-refractivity contribution in [1.29, 1.82) is 0 Å². The Balaban J connectivity index is 2.08. The molecule has 0 saturated carbocycles. The molecule has 0 saturated heterocycles. The van der Waals surface area contributed by atoms with E-state index >= 15 is 0 Å². The van der Waals surface area contributed by atoms with Crippen LogP contribution in [0.25, 0.3) is 0 Å². The van der Waals surface area contributed by atoms with Gasteiger partial charge in [0.15, 0.2) is 6.10 Å². The van der Waals surface area contributed by atoms with Crippen molar-refractivity contribution < 1.29 is 31.5 Å². The lowest BCUT2D eigenvalue weighted by atomic mass is 10.1. The molecule has 0 aliphatic rings. The van der Waals surface area contributed by atoms with Crippen molar-refractivity contribution in [3.63, 3.8) is 0 Å². The lowest BCUT2D eigenvalue weighted by molar-refractivity contribution is -0.160. The molecule has 10 heteroatoms. The molecule has 174 valence electrons. The van der Waals surface area contributed by atoms with E-state index in [9.17, 15) is 26.8 Å². The molecule has 32 heavy (non-hydrogen) atoms. The summed E-state index contributed by atoms with van der Waals surface area (Å²) in [6.45, 7) is 4.60. The summed E-state index contributed by atoms with van der Waals surface area (Å²) in [5.74, 6) is -3.47. The van der Waals surface area contributed by atoms with Gasteiger partial charge in [-0.3, -0.25) is 9.59 Å². The smallest absolute Gasteiger partial charge is 0.325 e. The topological polar surface area (TPSA) is 92.8 Å². The van der Waals surface area contributed by atoms with Gasteiger partial charge in [-0.15, -0.1) is 0 Å². The number of benzene rings is 2. The number of carbonyl (C=O) groups excluding carboxylic acids is 2. The van der Waals surface area contributed by atoms with Crippen molar-refractivity contribution in [3.8, 4) is 0 Å². The number of nitrogens with one attached hydrogen (secondary N) is 1. The summed E-state index contributed by atoms with van der Waals surface area (Å²) in [5, 5.41) is 0. The molecule has 1 N–H and O–H groups in total. The zero-order chi connectivity index (χ0) is 24.1. The van der Waals surface area contributed by atoms with Gasteiger partial charge in [-0.2, -0.15) is 4.72 Å². The van der Waals surface area contributed by atoms with Crippen LogP contribution >= 0.6 is 0 Å². The van der Waals surface area contributed by atoms with Crippen LogP contribution in [-0.2, 0) is 30.9 Å². The van der Waals surface area contributed by atoms with Gasteiger partial charge in [-0.05, 0) is 42.7 Å². The minimum atomic E-state index is -4.35. The third-order valence-electron chi connectivity index (χ3n) is 4.65. The molecule has 2 rings (SSSR count). The minimum absolute atomic E-state index is 0.0893. The van der Waals surface area contributed by atoms with E-state index in [0.29, 0.717) is 5.56 Å². The van der Waals surface area contributed by atoms with Gasteiger partial charge < -0.3 is 9.64 Å². The number of hydrogen-bond acceptors (Lipinski definition) is 5. The first-order valence-electron chi connectivity index (χ1n) is 9.89. The average Bonchev–Trinajstić information content (AvgIpc) is 2.71. The van der Waals surface area contributed by atoms with Crippen molar-refractivity contribution in [3.05, 3.63) is 65.7 Å². The Labute approximate surface area is 186 Å². The Kier molecular flexibility index (Phi) is 8.45. The monoisotopic (exact) mass is 468 g/mol. The Morgan fingerprint density at radius 2 is 1.72 bits per heavy atom. The van der Waals surface area contributed by atoms with Crippen LogP contribution in [0, 0.1) is 17.6 Å². The van der Waals surface area contributed by atoms with Gasteiger partial charge in [0, 0.05) is 13.6 Å². The third kappa shape index (κ3) is 6.57. The van der Waals surface area contributed by atoms with Crippen molar-refractivity contribution in [2.75, 3.05) is 7.05 Å². The summed E-state index contributed by atoms with van der Waals surface area (Å²) in [5.41, 5.74) is 0.553. The molecule has 0 fully saturated rings. The fourth-order valence-corrected chi connectivity index (χ4v) is 4.36. The van der Waals surface area contributed by atoms with E-state index in [1.165, 1.54) is 49.2 Å². The SMILES string of the molecule is CC(OC(=O)[C@@H](NS(=O)(=O)c1ccccc1F)C(C)C)C(=O)N(C)Cc1cccc(F)c1. The summed E-state index contributed by atoms with van der Waals surface area (Å²) in [4.78, 5) is 25.9. The number of amides is 1. The van der Waals surface area contributed by atoms with Crippen LogP contribution in [-0.4, -0.2) is 44.4 Å². The molecular formula is C22H26F2N2O5S. The number of sulfonamides is 1. The van der Waals surface area contributed by atoms with Gasteiger partial charge >= 0.3 is 5.97 Å². The number of rotatable bonds is 9. The van der Waals surface area contributed by atoms with E-state index in [0.717, 1.165) is 12.1 Å².